The number of nitrogens with one attached hydrogen (secondary N) is 1. The molecule has 1 heterocycles. The summed E-state index contributed by atoms with van der Waals surface area (Å²) in [5.41, 5.74) is 0.890. The van der Waals surface area contributed by atoms with Crippen LogP contribution in [0.3, 0.4) is 0 Å². The Kier molecular flexibility index (Phi) is 6.14. The van der Waals surface area contributed by atoms with Crippen LogP contribution in [0, 0.1) is 0 Å². The van der Waals surface area contributed by atoms with E-state index in [1.807, 2.05) is 30.3 Å². The first-order valence-corrected chi connectivity index (χ1v) is 8.96. The van der Waals surface area contributed by atoms with Crippen LogP contribution in [0.15, 0.2) is 59.8 Å². The molecule has 0 atom stereocenters. The maximum absolute atomic E-state index is 12.4. The number of carbonyl (C=O) groups is 1. The Morgan fingerprint density at radius 2 is 1.82 bits per heavy atom. The van der Waals surface area contributed by atoms with Gasteiger partial charge in [-0.1, -0.05) is 42.1 Å². The van der Waals surface area contributed by atoms with Crippen molar-refractivity contribution in [3.63, 3.8) is 0 Å². The predicted molar refractivity (Wildman–Crippen MR) is 96.5 cm³/mol. The molecule has 3 rings (SSSR count). The molecule has 1 amide bonds. The van der Waals surface area contributed by atoms with Crippen molar-refractivity contribution < 1.29 is 22.7 Å². The zero-order chi connectivity index (χ0) is 20.0. The van der Waals surface area contributed by atoms with E-state index in [1.165, 1.54) is 22.9 Å². The molecule has 28 heavy (non-hydrogen) atoms. The maximum atomic E-state index is 12.4. The lowest BCUT2D eigenvalue weighted by Gasteiger charge is -2.13. The van der Waals surface area contributed by atoms with E-state index in [0.29, 0.717) is 5.16 Å². The molecule has 0 aliphatic carbocycles. The lowest BCUT2D eigenvalue weighted by Crippen LogP contribution is -2.20. The van der Waals surface area contributed by atoms with Gasteiger partial charge in [0.2, 0.25) is 11.1 Å². The molecule has 146 valence electrons. The van der Waals surface area contributed by atoms with Gasteiger partial charge in [0.15, 0.2) is 6.61 Å². The van der Waals surface area contributed by atoms with Crippen LogP contribution in [-0.2, 0) is 4.79 Å². The van der Waals surface area contributed by atoms with Gasteiger partial charge in [-0.2, -0.15) is 17.9 Å². The highest BCUT2D eigenvalue weighted by molar-refractivity contribution is 7.99. The highest BCUT2D eigenvalue weighted by atomic mass is 32.2. The molecular formula is C17H14F3N5O2S. The van der Waals surface area contributed by atoms with Crippen LogP contribution >= 0.6 is 11.8 Å². The van der Waals surface area contributed by atoms with Gasteiger partial charge in [-0.05, 0) is 34.7 Å². The van der Waals surface area contributed by atoms with E-state index >= 15 is 0 Å². The molecule has 0 saturated heterocycles. The van der Waals surface area contributed by atoms with Crippen molar-refractivity contribution in [2.24, 2.45) is 0 Å². The van der Waals surface area contributed by atoms with E-state index in [2.05, 4.69) is 20.8 Å². The number of tetrazole rings is 1. The molecule has 1 aromatic heterocycles. The normalized spacial score (nSPS) is 11.2. The van der Waals surface area contributed by atoms with Crippen molar-refractivity contribution in [2.45, 2.75) is 11.3 Å². The lowest BCUT2D eigenvalue weighted by molar-refractivity contribution is -0.153. The van der Waals surface area contributed by atoms with Crippen molar-refractivity contribution in [3.05, 3.63) is 54.6 Å². The van der Waals surface area contributed by atoms with E-state index in [4.69, 9.17) is 4.74 Å². The second-order valence-electron chi connectivity index (χ2n) is 5.45. The maximum Gasteiger partial charge on any atom is 0.422 e. The summed E-state index contributed by atoms with van der Waals surface area (Å²) < 4.78 is 43.3. The average Bonchev–Trinajstić information content (AvgIpc) is 3.14. The molecular weight excluding hydrogens is 395 g/mol. The van der Waals surface area contributed by atoms with E-state index in [9.17, 15) is 18.0 Å². The van der Waals surface area contributed by atoms with Crippen molar-refractivity contribution in [2.75, 3.05) is 17.7 Å². The van der Waals surface area contributed by atoms with Crippen LogP contribution in [0.5, 0.6) is 5.75 Å². The third-order valence-electron chi connectivity index (χ3n) is 3.33. The minimum atomic E-state index is -4.47. The van der Waals surface area contributed by atoms with Crippen LogP contribution < -0.4 is 10.1 Å². The predicted octanol–water partition coefficient (Wildman–Crippen LogP) is 3.33. The fraction of sp³-hybridized carbons (Fsp3) is 0.176. The van der Waals surface area contributed by atoms with Crippen molar-refractivity contribution >= 4 is 23.4 Å². The summed E-state index contributed by atoms with van der Waals surface area (Å²) in [5, 5.41) is 14.3. The summed E-state index contributed by atoms with van der Waals surface area (Å²) in [7, 11) is 0. The quantitative estimate of drug-likeness (QED) is 0.603. The second kappa shape index (κ2) is 8.74. The average molecular weight is 409 g/mol. The van der Waals surface area contributed by atoms with Gasteiger partial charge in [0, 0.05) is 0 Å². The number of amides is 1. The van der Waals surface area contributed by atoms with E-state index in [1.54, 1.807) is 6.07 Å². The molecule has 0 radical (unpaired) electrons. The molecule has 1 N–H and O–H groups in total. The topological polar surface area (TPSA) is 81.9 Å². The largest absolute Gasteiger partial charge is 0.482 e. The SMILES string of the molecule is O=C(CSc1nnnn1-c1ccccc1)Nc1ccccc1OCC(F)(F)F. The number of para-hydroxylation sites is 3. The number of halogens is 3. The minimum absolute atomic E-state index is 0.0409. The third-order valence-corrected chi connectivity index (χ3v) is 4.25. The fourth-order valence-corrected chi connectivity index (χ4v) is 2.86. The lowest BCUT2D eigenvalue weighted by atomic mass is 10.3. The zero-order valence-electron chi connectivity index (χ0n) is 14.3. The second-order valence-corrected chi connectivity index (χ2v) is 6.39. The van der Waals surface area contributed by atoms with Crippen LogP contribution in [0.2, 0.25) is 0 Å². The summed E-state index contributed by atoms with van der Waals surface area (Å²) in [6.45, 7) is -1.44. The molecule has 0 fully saturated rings. The summed E-state index contributed by atoms with van der Waals surface area (Å²) in [6, 6.07) is 15.1. The van der Waals surface area contributed by atoms with Gasteiger partial charge in [-0.15, -0.1) is 5.10 Å². The molecule has 2 aromatic carbocycles. The number of ether oxygens (including phenoxy) is 1. The highest BCUT2D eigenvalue weighted by Gasteiger charge is 2.28. The van der Waals surface area contributed by atoms with Crippen LogP contribution in [0.25, 0.3) is 5.69 Å². The molecule has 11 heteroatoms. The molecule has 0 aliphatic rings. The number of thioether (sulfide) groups is 1. The van der Waals surface area contributed by atoms with E-state index < -0.39 is 18.7 Å². The minimum Gasteiger partial charge on any atom is -0.482 e. The standard InChI is InChI=1S/C17H14F3N5O2S/c18-17(19,20)11-27-14-9-5-4-8-13(14)21-15(26)10-28-16-22-23-24-25(16)12-6-2-1-3-7-12/h1-9H,10-11H2,(H,21,26). The van der Waals surface area contributed by atoms with Gasteiger partial charge in [-0.25, -0.2) is 0 Å². The Labute approximate surface area is 161 Å². The molecule has 0 saturated carbocycles. The number of hydrogen-bond donors (Lipinski definition) is 1. The van der Waals surface area contributed by atoms with Gasteiger partial charge >= 0.3 is 6.18 Å². The fourth-order valence-electron chi connectivity index (χ4n) is 2.17. The third kappa shape index (κ3) is 5.46. The van der Waals surface area contributed by atoms with Gasteiger partial charge in [0.25, 0.3) is 0 Å². The summed E-state index contributed by atoms with van der Waals surface area (Å²) in [5.74, 6) is -0.538. The van der Waals surface area contributed by atoms with Crippen LogP contribution in [0.4, 0.5) is 18.9 Å². The molecule has 7 nitrogen and oxygen atoms in total. The van der Waals surface area contributed by atoms with Gasteiger partial charge in [0.1, 0.15) is 5.75 Å². The van der Waals surface area contributed by atoms with Crippen molar-refractivity contribution in [3.8, 4) is 11.4 Å². The smallest absolute Gasteiger partial charge is 0.422 e. The number of nitrogens with zero attached hydrogens (tertiary/aromatic N) is 4. The summed E-state index contributed by atoms with van der Waals surface area (Å²) in [6.07, 6.45) is -4.47. The van der Waals surface area contributed by atoms with E-state index in [0.717, 1.165) is 17.4 Å². The summed E-state index contributed by atoms with van der Waals surface area (Å²) >= 11 is 1.09. The van der Waals surface area contributed by atoms with Gasteiger partial charge in [0.05, 0.1) is 17.1 Å². The Morgan fingerprint density at radius 3 is 2.57 bits per heavy atom. The first-order valence-electron chi connectivity index (χ1n) is 7.97. The van der Waals surface area contributed by atoms with Crippen LogP contribution in [-0.4, -0.2) is 44.7 Å². The first kappa shape index (κ1) is 19.7. The number of rotatable bonds is 7. The summed E-state index contributed by atoms with van der Waals surface area (Å²) in [4.78, 5) is 12.2. The first-order chi connectivity index (χ1) is 13.4. The van der Waals surface area contributed by atoms with E-state index in [-0.39, 0.29) is 17.2 Å². The number of alkyl halides is 3. The van der Waals surface area contributed by atoms with Crippen molar-refractivity contribution in [1.82, 2.24) is 20.2 Å². The number of benzene rings is 2. The van der Waals surface area contributed by atoms with Gasteiger partial charge < -0.3 is 10.1 Å². The highest BCUT2D eigenvalue weighted by Crippen LogP contribution is 2.27. The molecule has 0 aliphatic heterocycles. The monoisotopic (exact) mass is 409 g/mol. The Bertz CT molecular complexity index is 934. The Hall–Kier alpha value is -3.08. The molecule has 0 unspecified atom stereocenters. The number of hydrogen-bond acceptors (Lipinski definition) is 6. The number of anilines is 1. The van der Waals surface area contributed by atoms with Gasteiger partial charge in [-0.3, -0.25) is 4.79 Å². The molecule has 0 spiro atoms. The molecule has 3 aromatic rings. The van der Waals surface area contributed by atoms with Crippen molar-refractivity contribution in [1.29, 1.82) is 0 Å². The Morgan fingerprint density at radius 1 is 1.11 bits per heavy atom. The Balaban J connectivity index is 1.61. The van der Waals surface area contributed by atoms with Crippen LogP contribution in [0.1, 0.15) is 0 Å². The zero-order valence-corrected chi connectivity index (χ0v) is 15.1. The molecule has 0 bridgehead atoms. The number of carbonyl (C=O) groups excluding carboxylic acids is 1. The number of aromatic nitrogens is 4.